The Morgan fingerprint density at radius 3 is 3.00 bits per heavy atom. The van der Waals surface area contributed by atoms with Crippen molar-refractivity contribution in [1.82, 2.24) is 9.97 Å². The Balaban J connectivity index is 2.05. The SMILES string of the molecule is N#Cc1cccc(Nc2nc(N)nc3sccc23)c1. The van der Waals surface area contributed by atoms with E-state index in [1.807, 2.05) is 23.6 Å². The Morgan fingerprint density at radius 2 is 2.16 bits per heavy atom. The molecule has 0 spiro atoms. The van der Waals surface area contributed by atoms with E-state index in [0.29, 0.717) is 11.4 Å². The maximum absolute atomic E-state index is 8.89. The third-order valence-electron chi connectivity index (χ3n) is 2.60. The molecule has 3 aromatic rings. The molecule has 0 saturated heterocycles. The molecule has 6 heteroatoms. The van der Waals surface area contributed by atoms with E-state index in [1.165, 1.54) is 11.3 Å². The van der Waals surface area contributed by atoms with Crippen LogP contribution < -0.4 is 11.1 Å². The standard InChI is InChI=1S/C13H9N5S/c14-7-8-2-1-3-9(6-8)16-11-10-4-5-19-12(10)18-13(15)17-11/h1-6H,(H3,15,16,17,18). The van der Waals surface area contributed by atoms with E-state index in [9.17, 15) is 0 Å². The summed E-state index contributed by atoms with van der Waals surface area (Å²) in [6.07, 6.45) is 0. The minimum Gasteiger partial charge on any atom is -0.368 e. The Morgan fingerprint density at radius 1 is 1.26 bits per heavy atom. The summed E-state index contributed by atoms with van der Waals surface area (Å²) in [5.74, 6) is 0.882. The van der Waals surface area contributed by atoms with Crippen molar-refractivity contribution in [3.8, 4) is 6.07 Å². The van der Waals surface area contributed by atoms with Gasteiger partial charge in [0.05, 0.1) is 17.0 Å². The first-order valence-electron chi connectivity index (χ1n) is 5.54. The molecule has 2 heterocycles. The van der Waals surface area contributed by atoms with E-state index in [4.69, 9.17) is 11.0 Å². The zero-order valence-corrected chi connectivity index (χ0v) is 10.6. The quantitative estimate of drug-likeness (QED) is 0.745. The van der Waals surface area contributed by atoms with Gasteiger partial charge in [-0.1, -0.05) is 6.07 Å². The molecule has 0 amide bonds. The number of thiophene rings is 1. The van der Waals surface area contributed by atoms with Crippen molar-refractivity contribution in [2.75, 3.05) is 11.1 Å². The summed E-state index contributed by atoms with van der Waals surface area (Å²) < 4.78 is 0. The molecule has 0 aliphatic rings. The monoisotopic (exact) mass is 267 g/mol. The van der Waals surface area contributed by atoms with Crippen molar-refractivity contribution in [2.24, 2.45) is 0 Å². The van der Waals surface area contributed by atoms with Gasteiger partial charge in [-0.05, 0) is 29.6 Å². The second-order valence-electron chi connectivity index (χ2n) is 3.89. The van der Waals surface area contributed by atoms with Gasteiger partial charge in [-0.15, -0.1) is 11.3 Å². The lowest BCUT2D eigenvalue weighted by atomic mass is 10.2. The lowest BCUT2D eigenvalue weighted by Crippen LogP contribution is -2.00. The Kier molecular flexibility index (Phi) is 2.74. The van der Waals surface area contributed by atoms with Crippen molar-refractivity contribution in [3.63, 3.8) is 0 Å². The first-order valence-corrected chi connectivity index (χ1v) is 6.42. The smallest absolute Gasteiger partial charge is 0.223 e. The van der Waals surface area contributed by atoms with Crippen molar-refractivity contribution >= 4 is 39.0 Å². The fourth-order valence-electron chi connectivity index (χ4n) is 1.77. The van der Waals surface area contributed by atoms with E-state index < -0.39 is 0 Å². The Labute approximate surface area is 113 Å². The number of nitrogen functional groups attached to an aromatic ring is 1. The molecule has 1 aromatic carbocycles. The van der Waals surface area contributed by atoms with Gasteiger partial charge in [-0.25, -0.2) is 4.98 Å². The first-order chi connectivity index (χ1) is 9.26. The summed E-state index contributed by atoms with van der Waals surface area (Å²) in [5, 5.41) is 14.9. The fraction of sp³-hybridized carbons (Fsp3) is 0. The molecule has 19 heavy (non-hydrogen) atoms. The van der Waals surface area contributed by atoms with Gasteiger partial charge < -0.3 is 11.1 Å². The number of rotatable bonds is 2. The summed E-state index contributed by atoms with van der Waals surface area (Å²) in [5.41, 5.74) is 7.07. The van der Waals surface area contributed by atoms with Gasteiger partial charge in [-0.3, -0.25) is 0 Å². The van der Waals surface area contributed by atoms with Gasteiger partial charge in [0.15, 0.2) is 0 Å². The third kappa shape index (κ3) is 2.19. The molecule has 0 radical (unpaired) electrons. The molecule has 0 aliphatic heterocycles. The van der Waals surface area contributed by atoms with Gasteiger partial charge in [-0.2, -0.15) is 10.2 Å². The number of nitriles is 1. The minimum atomic E-state index is 0.230. The van der Waals surface area contributed by atoms with Crippen LogP contribution in [0.25, 0.3) is 10.2 Å². The van der Waals surface area contributed by atoms with Crippen molar-refractivity contribution in [1.29, 1.82) is 5.26 Å². The van der Waals surface area contributed by atoms with Gasteiger partial charge in [0.25, 0.3) is 0 Å². The molecule has 0 bridgehead atoms. The molecule has 0 fully saturated rings. The van der Waals surface area contributed by atoms with Crippen LogP contribution in [0.3, 0.4) is 0 Å². The van der Waals surface area contributed by atoms with Crippen molar-refractivity contribution < 1.29 is 0 Å². The van der Waals surface area contributed by atoms with Crippen molar-refractivity contribution in [2.45, 2.75) is 0 Å². The highest BCUT2D eigenvalue weighted by Gasteiger charge is 2.07. The lowest BCUT2D eigenvalue weighted by Gasteiger charge is -2.07. The van der Waals surface area contributed by atoms with E-state index in [2.05, 4.69) is 21.4 Å². The molecule has 92 valence electrons. The van der Waals surface area contributed by atoms with Crippen LogP contribution in [-0.4, -0.2) is 9.97 Å². The predicted octanol–water partition coefficient (Wildman–Crippen LogP) is 2.89. The van der Waals surface area contributed by atoms with Crippen LogP contribution in [0.1, 0.15) is 5.56 Å². The number of nitrogens with one attached hydrogen (secondary N) is 1. The van der Waals surface area contributed by atoms with Crippen LogP contribution in [0.5, 0.6) is 0 Å². The van der Waals surface area contributed by atoms with Gasteiger partial charge >= 0.3 is 0 Å². The first kappa shape index (κ1) is 11.4. The Bertz CT molecular complexity index is 787. The number of hydrogen-bond donors (Lipinski definition) is 2. The number of anilines is 3. The highest BCUT2D eigenvalue weighted by Crippen LogP contribution is 2.28. The number of hydrogen-bond acceptors (Lipinski definition) is 6. The molecule has 3 rings (SSSR count). The molecule has 0 unspecified atom stereocenters. The summed E-state index contributed by atoms with van der Waals surface area (Å²) >= 11 is 1.51. The second kappa shape index (κ2) is 4.55. The highest BCUT2D eigenvalue weighted by atomic mass is 32.1. The van der Waals surface area contributed by atoms with E-state index in [0.717, 1.165) is 15.9 Å². The lowest BCUT2D eigenvalue weighted by molar-refractivity contribution is 1.24. The molecular weight excluding hydrogens is 258 g/mol. The maximum atomic E-state index is 8.89. The average molecular weight is 267 g/mol. The van der Waals surface area contributed by atoms with Crippen LogP contribution in [0.4, 0.5) is 17.5 Å². The molecule has 2 aromatic heterocycles. The fourth-order valence-corrected chi connectivity index (χ4v) is 2.54. The minimum absolute atomic E-state index is 0.230. The van der Waals surface area contributed by atoms with Crippen LogP contribution in [0.15, 0.2) is 35.7 Å². The maximum Gasteiger partial charge on any atom is 0.223 e. The molecule has 3 N–H and O–H groups in total. The number of nitrogens with zero attached hydrogens (tertiary/aromatic N) is 3. The largest absolute Gasteiger partial charge is 0.368 e. The van der Waals surface area contributed by atoms with Crippen LogP contribution >= 0.6 is 11.3 Å². The number of aromatic nitrogens is 2. The predicted molar refractivity (Wildman–Crippen MR) is 76.3 cm³/mol. The van der Waals surface area contributed by atoms with E-state index in [1.54, 1.807) is 12.1 Å². The van der Waals surface area contributed by atoms with E-state index in [-0.39, 0.29) is 5.95 Å². The molecule has 0 atom stereocenters. The Hall–Kier alpha value is -2.65. The molecule has 5 nitrogen and oxygen atoms in total. The van der Waals surface area contributed by atoms with Crippen LogP contribution in [0, 0.1) is 11.3 Å². The molecule has 0 saturated carbocycles. The third-order valence-corrected chi connectivity index (χ3v) is 3.40. The summed E-state index contributed by atoms with van der Waals surface area (Å²) in [6.45, 7) is 0. The topological polar surface area (TPSA) is 87.6 Å². The number of fused-ring (bicyclic) bond motifs is 1. The number of nitrogens with two attached hydrogens (primary N) is 1. The van der Waals surface area contributed by atoms with Gasteiger partial charge in [0.2, 0.25) is 5.95 Å². The van der Waals surface area contributed by atoms with Gasteiger partial charge in [0, 0.05) is 5.69 Å². The van der Waals surface area contributed by atoms with Crippen molar-refractivity contribution in [3.05, 3.63) is 41.3 Å². The summed E-state index contributed by atoms with van der Waals surface area (Å²) in [6, 6.07) is 11.2. The molecule has 0 aliphatic carbocycles. The number of benzene rings is 1. The summed E-state index contributed by atoms with van der Waals surface area (Å²) in [7, 11) is 0. The average Bonchev–Trinajstić information content (AvgIpc) is 2.87. The van der Waals surface area contributed by atoms with Crippen LogP contribution in [0.2, 0.25) is 0 Å². The highest BCUT2D eigenvalue weighted by molar-refractivity contribution is 7.16. The zero-order valence-electron chi connectivity index (χ0n) is 9.79. The van der Waals surface area contributed by atoms with E-state index >= 15 is 0 Å². The summed E-state index contributed by atoms with van der Waals surface area (Å²) in [4.78, 5) is 9.21. The zero-order chi connectivity index (χ0) is 13.2. The molecular formula is C13H9N5S. The normalized spacial score (nSPS) is 10.3. The second-order valence-corrected chi connectivity index (χ2v) is 4.78. The van der Waals surface area contributed by atoms with Gasteiger partial charge in [0.1, 0.15) is 10.6 Å². The van der Waals surface area contributed by atoms with Crippen LogP contribution in [-0.2, 0) is 0 Å².